The summed E-state index contributed by atoms with van der Waals surface area (Å²) in [6.07, 6.45) is 1.46. The summed E-state index contributed by atoms with van der Waals surface area (Å²) in [6.45, 7) is 0.176. The number of nitriles is 2. The molecule has 7 nitrogen and oxygen atoms in total. The van der Waals surface area contributed by atoms with Crippen LogP contribution in [0.25, 0.3) is 6.08 Å². The van der Waals surface area contributed by atoms with Gasteiger partial charge in [0.05, 0.1) is 25.9 Å². The average molecular weight is 518 g/mol. The van der Waals surface area contributed by atoms with Gasteiger partial charge in [0.15, 0.2) is 11.5 Å². The first-order valence-corrected chi connectivity index (χ1v) is 10.8. The fourth-order valence-corrected chi connectivity index (χ4v) is 3.46. The zero-order valence-electron chi connectivity index (χ0n) is 18.5. The van der Waals surface area contributed by atoms with Crippen LogP contribution in [0, 0.1) is 22.7 Å². The molecule has 0 aliphatic heterocycles. The molecule has 0 bridgehead atoms. The van der Waals surface area contributed by atoms with E-state index in [4.69, 9.17) is 14.2 Å². The minimum absolute atomic E-state index is 0.0878. The number of methoxy groups -OCH3 is 2. The Labute approximate surface area is 205 Å². The first-order valence-electron chi connectivity index (χ1n) is 10.0. The SMILES string of the molecule is COc1ccc(NC(=O)/C(C#N)=C\c2cc(OC)c(OCc3ccccc3C#N)cc2Br)cc1. The van der Waals surface area contributed by atoms with Crippen LogP contribution in [0.4, 0.5) is 5.69 Å². The molecule has 0 aliphatic rings. The highest BCUT2D eigenvalue weighted by Crippen LogP contribution is 2.35. The Morgan fingerprint density at radius 1 is 1.03 bits per heavy atom. The van der Waals surface area contributed by atoms with Gasteiger partial charge in [-0.25, -0.2) is 0 Å². The topological polar surface area (TPSA) is 104 Å². The van der Waals surface area contributed by atoms with Gasteiger partial charge in [-0.2, -0.15) is 10.5 Å². The van der Waals surface area contributed by atoms with Crippen LogP contribution in [0.1, 0.15) is 16.7 Å². The number of anilines is 1. The molecule has 0 saturated carbocycles. The molecule has 0 heterocycles. The number of benzene rings is 3. The molecule has 1 amide bonds. The van der Waals surface area contributed by atoms with Gasteiger partial charge in [-0.1, -0.05) is 34.1 Å². The Bertz CT molecular complexity index is 1310. The first-order chi connectivity index (χ1) is 16.5. The summed E-state index contributed by atoms with van der Waals surface area (Å²) in [7, 11) is 3.05. The number of rotatable bonds is 8. The van der Waals surface area contributed by atoms with Gasteiger partial charge in [-0.05, 0) is 54.1 Å². The zero-order chi connectivity index (χ0) is 24.5. The lowest BCUT2D eigenvalue weighted by molar-refractivity contribution is -0.112. The van der Waals surface area contributed by atoms with E-state index < -0.39 is 5.91 Å². The molecular formula is C26H20BrN3O4. The van der Waals surface area contributed by atoms with Crippen molar-refractivity contribution in [3.05, 3.63) is 87.4 Å². The van der Waals surface area contributed by atoms with Gasteiger partial charge in [-0.3, -0.25) is 4.79 Å². The van der Waals surface area contributed by atoms with Crippen LogP contribution in [-0.2, 0) is 11.4 Å². The second-order valence-corrected chi connectivity index (χ2v) is 7.79. The maximum absolute atomic E-state index is 12.6. The second-order valence-electron chi connectivity index (χ2n) is 6.93. The van der Waals surface area contributed by atoms with Gasteiger partial charge in [-0.15, -0.1) is 0 Å². The highest BCUT2D eigenvalue weighted by molar-refractivity contribution is 9.10. The fourth-order valence-electron chi connectivity index (χ4n) is 3.02. The maximum Gasteiger partial charge on any atom is 0.266 e. The number of hydrogen-bond donors (Lipinski definition) is 1. The summed E-state index contributed by atoms with van der Waals surface area (Å²) in [4.78, 5) is 12.6. The lowest BCUT2D eigenvalue weighted by Gasteiger charge is -2.13. The molecule has 0 aliphatic carbocycles. The second kappa shape index (κ2) is 11.6. The highest BCUT2D eigenvalue weighted by atomic mass is 79.9. The van der Waals surface area contributed by atoms with E-state index in [2.05, 4.69) is 27.3 Å². The number of nitrogens with one attached hydrogen (secondary N) is 1. The molecule has 34 heavy (non-hydrogen) atoms. The van der Waals surface area contributed by atoms with Gasteiger partial charge < -0.3 is 19.5 Å². The largest absolute Gasteiger partial charge is 0.497 e. The minimum Gasteiger partial charge on any atom is -0.497 e. The van der Waals surface area contributed by atoms with Crippen LogP contribution in [-0.4, -0.2) is 20.1 Å². The van der Waals surface area contributed by atoms with Crippen molar-refractivity contribution in [3.8, 4) is 29.4 Å². The Morgan fingerprint density at radius 2 is 1.76 bits per heavy atom. The zero-order valence-corrected chi connectivity index (χ0v) is 20.0. The first kappa shape index (κ1) is 24.4. The summed E-state index contributed by atoms with van der Waals surface area (Å²) < 4.78 is 17.0. The van der Waals surface area contributed by atoms with Crippen LogP contribution < -0.4 is 19.5 Å². The van der Waals surface area contributed by atoms with Gasteiger partial charge in [0.1, 0.15) is 24.0 Å². The summed E-state index contributed by atoms with van der Waals surface area (Å²) >= 11 is 3.47. The number of carbonyl (C=O) groups is 1. The predicted octanol–water partition coefficient (Wildman–Crippen LogP) is 5.46. The van der Waals surface area contributed by atoms with Crippen molar-refractivity contribution in [2.24, 2.45) is 0 Å². The summed E-state index contributed by atoms with van der Waals surface area (Å²) in [5, 5.41) is 21.5. The molecule has 0 radical (unpaired) electrons. The standard InChI is InChI=1S/C26H20BrN3O4/c1-32-22-9-7-21(8-10-22)30-26(31)20(15-29)11-19-12-24(33-2)25(13-23(19)27)34-16-18-6-4-3-5-17(18)14-28/h3-13H,16H2,1-2H3,(H,30,31)/b20-11-. The minimum atomic E-state index is -0.549. The number of hydrogen-bond acceptors (Lipinski definition) is 6. The van der Waals surface area contributed by atoms with Crippen molar-refractivity contribution in [3.63, 3.8) is 0 Å². The Kier molecular flexibility index (Phi) is 8.28. The van der Waals surface area contributed by atoms with Crippen molar-refractivity contribution in [2.45, 2.75) is 6.61 Å². The van der Waals surface area contributed by atoms with Crippen molar-refractivity contribution in [1.82, 2.24) is 0 Å². The van der Waals surface area contributed by atoms with Gasteiger partial charge in [0, 0.05) is 15.7 Å². The van der Waals surface area contributed by atoms with E-state index in [1.165, 1.54) is 13.2 Å². The number of carbonyl (C=O) groups excluding carboxylic acids is 1. The smallest absolute Gasteiger partial charge is 0.266 e. The van der Waals surface area contributed by atoms with E-state index in [-0.39, 0.29) is 12.2 Å². The lowest BCUT2D eigenvalue weighted by Crippen LogP contribution is -2.13. The number of amides is 1. The third kappa shape index (κ3) is 5.94. The van der Waals surface area contributed by atoms with Gasteiger partial charge in [0.2, 0.25) is 0 Å². The quantitative estimate of drug-likeness (QED) is 0.314. The molecule has 3 aromatic rings. The molecule has 0 atom stereocenters. The van der Waals surface area contributed by atoms with E-state index >= 15 is 0 Å². The normalized spacial score (nSPS) is 10.6. The summed E-state index contributed by atoms with van der Waals surface area (Å²) in [5.74, 6) is 0.965. The Balaban J connectivity index is 1.82. The van der Waals surface area contributed by atoms with Crippen LogP contribution in [0.15, 0.2) is 70.7 Å². The molecule has 170 valence electrons. The van der Waals surface area contributed by atoms with Crippen molar-refractivity contribution >= 4 is 33.6 Å². The molecule has 0 spiro atoms. The molecular weight excluding hydrogens is 498 g/mol. The Hall–Kier alpha value is -4.27. The lowest BCUT2D eigenvalue weighted by atomic mass is 10.1. The molecule has 0 fully saturated rings. The third-order valence-corrected chi connectivity index (χ3v) is 5.50. The van der Waals surface area contributed by atoms with Gasteiger partial charge >= 0.3 is 0 Å². The van der Waals surface area contributed by atoms with E-state index in [9.17, 15) is 15.3 Å². The summed E-state index contributed by atoms with van der Waals surface area (Å²) in [5.41, 5.74) is 2.28. The van der Waals surface area contributed by atoms with Crippen molar-refractivity contribution in [1.29, 1.82) is 10.5 Å². The number of halogens is 1. The number of ether oxygens (including phenoxy) is 3. The van der Waals surface area contributed by atoms with Crippen LogP contribution in [0.5, 0.6) is 17.2 Å². The average Bonchev–Trinajstić information content (AvgIpc) is 2.87. The molecule has 8 heteroatoms. The Morgan fingerprint density at radius 3 is 2.41 bits per heavy atom. The van der Waals surface area contributed by atoms with E-state index in [1.807, 2.05) is 18.2 Å². The molecule has 1 N–H and O–H groups in total. The molecule has 3 aromatic carbocycles. The number of nitrogens with zero attached hydrogens (tertiary/aromatic N) is 2. The predicted molar refractivity (Wildman–Crippen MR) is 131 cm³/mol. The molecule has 0 saturated heterocycles. The molecule has 0 aromatic heterocycles. The summed E-state index contributed by atoms with van der Waals surface area (Å²) in [6, 6.07) is 21.4. The van der Waals surface area contributed by atoms with E-state index in [0.717, 1.165) is 5.56 Å². The fraction of sp³-hybridized carbons (Fsp3) is 0.115. The van der Waals surface area contributed by atoms with Crippen molar-refractivity contribution in [2.75, 3.05) is 19.5 Å². The third-order valence-electron chi connectivity index (χ3n) is 4.82. The van der Waals surface area contributed by atoms with Crippen LogP contribution in [0.3, 0.4) is 0 Å². The molecule has 3 rings (SSSR count). The van der Waals surface area contributed by atoms with E-state index in [0.29, 0.717) is 38.5 Å². The maximum atomic E-state index is 12.6. The van der Waals surface area contributed by atoms with Crippen LogP contribution >= 0.6 is 15.9 Å². The molecule has 0 unspecified atom stereocenters. The van der Waals surface area contributed by atoms with E-state index in [1.54, 1.807) is 55.6 Å². The monoisotopic (exact) mass is 517 g/mol. The van der Waals surface area contributed by atoms with Gasteiger partial charge in [0.25, 0.3) is 5.91 Å². The van der Waals surface area contributed by atoms with Crippen LogP contribution in [0.2, 0.25) is 0 Å². The highest BCUT2D eigenvalue weighted by Gasteiger charge is 2.14. The van der Waals surface area contributed by atoms with Crippen molar-refractivity contribution < 1.29 is 19.0 Å².